The van der Waals surface area contributed by atoms with E-state index in [0.29, 0.717) is 5.92 Å². The molecule has 110 valence electrons. The zero-order valence-electron chi connectivity index (χ0n) is 12.5. The minimum atomic E-state index is -0.272. The van der Waals surface area contributed by atoms with Crippen LogP contribution in [-0.4, -0.2) is 42.5 Å². The molecule has 2 rings (SSSR count). The quantitative estimate of drug-likeness (QED) is 0.627. The Balaban J connectivity index is 2.28. The average Bonchev–Trinajstić information content (AvgIpc) is 2.46. The molecule has 0 saturated carbocycles. The van der Waals surface area contributed by atoms with E-state index in [1.807, 2.05) is 12.1 Å². The molecule has 0 spiro atoms. The molecule has 1 aliphatic rings. The van der Waals surface area contributed by atoms with Gasteiger partial charge in [0.1, 0.15) is 5.69 Å². The molecule has 5 heteroatoms. The molecule has 1 aromatic rings. The van der Waals surface area contributed by atoms with Crippen molar-refractivity contribution < 1.29 is 4.92 Å². The van der Waals surface area contributed by atoms with Gasteiger partial charge in [-0.15, -0.1) is 0 Å². The first kappa shape index (κ1) is 14.8. The van der Waals surface area contributed by atoms with Gasteiger partial charge in [0.15, 0.2) is 0 Å². The lowest BCUT2D eigenvalue weighted by atomic mass is 10.0. The zero-order chi connectivity index (χ0) is 14.7. The molecule has 1 heterocycles. The van der Waals surface area contributed by atoms with Crippen LogP contribution in [0.4, 0.5) is 11.4 Å². The van der Waals surface area contributed by atoms with Crippen LogP contribution in [0.3, 0.4) is 0 Å². The molecule has 1 saturated heterocycles. The van der Waals surface area contributed by atoms with E-state index in [4.69, 9.17) is 0 Å². The number of nitro groups is 1. The second-order valence-corrected chi connectivity index (χ2v) is 5.58. The molecule has 0 atom stereocenters. The van der Waals surface area contributed by atoms with Crippen molar-refractivity contribution in [2.24, 2.45) is 0 Å². The molecule has 0 N–H and O–H groups in total. The molecule has 1 aromatic carbocycles. The Bertz CT molecular complexity index is 480. The topological polar surface area (TPSA) is 49.6 Å². The van der Waals surface area contributed by atoms with Crippen LogP contribution in [0.2, 0.25) is 0 Å². The van der Waals surface area contributed by atoms with E-state index >= 15 is 0 Å². The minimum Gasteiger partial charge on any atom is -0.363 e. The summed E-state index contributed by atoms with van der Waals surface area (Å²) in [6.45, 7) is 11.1. The molecular weight excluding hydrogens is 254 g/mol. The minimum absolute atomic E-state index is 0.222. The van der Waals surface area contributed by atoms with Crippen LogP contribution in [0.15, 0.2) is 18.2 Å². The smallest absolute Gasteiger partial charge is 0.292 e. The van der Waals surface area contributed by atoms with Gasteiger partial charge < -0.3 is 9.80 Å². The second-order valence-electron chi connectivity index (χ2n) is 5.58. The van der Waals surface area contributed by atoms with Crippen LogP contribution >= 0.6 is 0 Å². The standard InChI is InChI=1S/C15H23N3O2/c1-4-16-7-9-17(10-8-16)15-11-13(12(2)3)5-6-14(15)18(19)20/h5-6,11-12H,4,7-10H2,1-3H3. The molecule has 0 amide bonds. The number of anilines is 1. The fourth-order valence-electron chi connectivity index (χ4n) is 2.61. The van der Waals surface area contributed by atoms with E-state index in [1.165, 1.54) is 0 Å². The summed E-state index contributed by atoms with van der Waals surface area (Å²) in [6, 6.07) is 5.51. The molecule has 0 aliphatic carbocycles. The fourth-order valence-corrected chi connectivity index (χ4v) is 2.61. The van der Waals surface area contributed by atoms with Crippen molar-refractivity contribution in [3.8, 4) is 0 Å². The predicted molar refractivity (Wildman–Crippen MR) is 81.5 cm³/mol. The van der Waals surface area contributed by atoms with Gasteiger partial charge in [0.05, 0.1) is 4.92 Å². The van der Waals surface area contributed by atoms with Gasteiger partial charge in [0.2, 0.25) is 0 Å². The first-order valence-corrected chi connectivity index (χ1v) is 7.28. The number of piperazine rings is 1. The second kappa shape index (κ2) is 6.22. The maximum atomic E-state index is 11.2. The molecular formula is C15H23N3O2. The first-order chi connectivity index (χ1) is 9.52. The Kier molecular flexibility index (Phi) is 4.60. The third-order valence-corrected chi connectivity index (χ3v) is 4.02. The molecule has 20 heavy (non-hydrogen) atoms. The van der Waals surface area contributed by atoms with Crippen molar-refractivity contribution in [1.82, 2.24) is 4.90 Å². The Morgan fingerprint density at radius 1 is 1.25 bits per heavy atom. The van der Waals surface area contributed by atoms with Crippen LogP contribution < -0.4 is 4.90 Å². The summed E-state index contributed by atoms with van der Waals surface area (Å²) in [5.74, 6) is 0.381. The SMILES string of the molecule is CCN1CCN(c2cc(C(C)C)ccc2[N+](=O)[O-])CC1. The van der Waals surface area contributed by atoms with Crippen molar-refractivity contribution >= 4 is 11.4 Å². The Morgan fingerprint density at radius 3 is 2.40 bits per heavy atom. The molecule has 0 radical (unpaired) electrons. The lowest BCUT2D eigenvalue weighted by Gasteiger charge is -2.35. The van der Waals surface area contributed by atoms with Crippen LogP contribution in [0.25, 0.3) is 0 Å². The van der Waals surface area contributed by atoms with Crippen LogP contribution in [0.1, 0.15) is 32.3 Å². The number of benzene rings is 1. The van der Waals surface area contributed by atoms with Crippen molar-refractivity contribution in [2.45, 2.75) is 26.7 Å². The zero-order valence-corrected chi connectivity index (χ0v) is 12.5. The van der Waals surface area contributed by atoms with Crippen LogP contribution in [0, 0.1) is 10.1 Å². The number of rotatable bonds is 4. The summed E-state index contributed by atoms with van der Waals surface area (Å²) >= 11 is 0. The van der Waals surface area contributed by atoms with Gasteiger partial charge in [-0.3, -0.25) is 10.1 Å². The summed E-state index contributed by atoms with van der Waals surface area (Å²) in [5.41, 5.74) is 2.15. The summed E-state index contributed by atoms with van der Waals surface area (Å²) in [6.07, 6.45) is 0. The molecule has 1 aliphatic heterocycles. The lowest BCUT2D eigenvalue weighted by molar-refractivity contribution is -0.384. The van der Waals surface area contributed by atoms with Gasteiger partial charge in [-0.05, 0) is 24.1 Å². The molecule has 0 unspecified atom stereocenters. The number of hydrogen-bond donors (Lipinski definition) is 0. The van der Waals surface area contributed by atoms with Gasteiger partial charge in [-0.2, -0.15) is 0 Å². The molecule has 0 bridgehead atoms. The van der Waals surface area contributed by atoms with Crippen LogP contribution in [0.5, 0.6) is 0 Å². The maximum Gasteiger partial charge on any atom is 0.292 e. The van der Waals surface area contributed by atoms with Gasteiger partial charge in [-0.25, -0.2) is 0 Å². The van der Waals surface area contributed by atoms with Gasteiger partial charge >= 0.3 is 0 Å². The summed E-state index contributed by atoms with van der Waals surface area (Å²) < 4.78 is 0. The number of nitrogens with zero attached hydrogens (tertiary/aromatic N) is 3. The van der Waals surface area contributed by atoms with E-state index in [-0.39, 0.29) is 10.6 Å². The normalized spacial score (nSPS) is 16.7. The highest BCUT2D eigenvalue weighted by Gasteiger charge is 2.23. The van der Waals surface area contributed by atoms with E-state index in [9.17, 15) is 10.1 Å². The lowest BCUT2D eigenvalue weighted by Crippen LogP contribution is -2.46. The largest absolute Gasteiger partial charge is 0.363 e. The number of likely N-dealkylation sites (N-methyl/N-ethyl adjacent to an activating group) is 1. The van der Waals surface area contributed by atoms with Crippen molar-refractivity contribution in [3.63, 3.8) is 0 Å². The van der Waals surface area contributed by atoms with E-state index in [0.717, 1.165) is 44.0 Å². The van der Waals surface area contributed by atoms with Crippen molar-refractivity contribution in [2.75, 3.05) is 37.6 Å². The third-order valence-electron chi connectivity index (χ3n) is 4.02. The van der Waals surface area contributed by atoms with Crippen LogP contribution in [-0.2, 0) is 0 Å². The highest BCUT2D eigenvalue weighted by molar-refractivity contribution is 5.65. The number of hydrogen-bond acceptors (Lipinski definition) is 4. The highest BCUT2D eigenvalue weighted by Crippen LogP contribution is 2.32. The average molecular weight is 277 g/mol. The predicted octanol–water partition coefficient (Wildman–Crippen LogP) is 2.86. The molecule has 0 aromatic heterocycles. The van der Waals surface area contributed by atoms with E-state index < -0.39 is 0 Å². The van der Waals surface area contributed by atoms with Crippen molar-refractivity contribution in [3.05, 3.63) is 33.9 Å². The maximum absolute atomic E-state index is 11.2. The first-order valence-electron chi connectivity index (χ1n) is 7.28. The Labute approximate surface area is 120 Å². The Morgan fingerprint density at radius 2 is 1.90 bits per heavy atom. The highest BCUT2D eigenvalue weighted by atomic mass is 16.6. The number of nitro benzene ring substituents is 1. The fraction of sp³-hybridized carbons (Fsp3) is 0.600. The molecule has 5 nitrogen and oxygen atoms in total. The van der Waals surface area contributed by atoms with Crippen molar-refractivity contribution in [1.29, 1.82) is 0 Å². The van der Waals surface area contributed by atoms with Gasteiger partial charge in [0.25, 0.3) is 5.69 Å². The van der Waals surface area contributed by atoms with E-state index in [2.05, 4.69) is 30.6 Å². The van der Waals surface area contributed by atoms with E-state index in [1.54, 1.807) is 6.07 Å². The molecule has 1 fully saturated rings. The monoisotopic (exact) mass is 277 g/mol. The van der Waals surface area contributed by atoms with Gasteiger partial charge in [-0.1, -0.05) is 26.8 Å². The summed E-state index contributed by atoms with van der Waals surface area (Å²) in [7, 11) is 0. The third kappa shape index (κ3) is 3.10. The Hall–Kier alpha value is -1.62. The van der Waals surface area contributed by atoms with Gasteiger partial charge in [0, 0.05) is 32.2 Å². The summed E-state index contributed by atoms with van der Waals surface area (Å²) in [4.78, 5) is 15.5. The summed E-state index contributed by atoms with van der Waals surface area (Å²) in [5, 5.41) is 11.2.